The predicted octanol–water partition coefficient (Wildman–Crippen LogP) is 3.66. The summed E-state index contributed by atoms with van der Waals surface area (Å²) in [6, 6.07) is 8.04. The zero-order chi connectivity index (χ0) is 15.1. The first kappa shape index (κ1) is 14.0. The van der Waals surface area contributed by atoms with Crippen LogP contribution in [0, 0.1) is 5.82 Å². The molecule has 106 valence electrons. The number of hydrogen-bond acceptors (Lipinski definition) is 2. The van der Waals surface area contributed by atoms with Gasteiger partial charge in [-0.1, -0.05) is 17.7 Å². The Labute approximate surface area is 132 Å². The second kappa shape index (κ2) is 5.13. The molecule has 3 rings (SSSR count). The summed E-state index contributed by atoms with van der Waals surface area (Å²) < 4.78 is 16.0. The van der Waals surface area contributed by atoms with Gasteiger partial charge in [0.15, 0.2) is 0 Å². The van der Waals surface area contributed by atoms with Gasteiger partial charge in [-0.3, -0.25) is 9.20 Å². The molecule has 2 N–H and O–H groups in total. The average Bonchev–Trinajstić information content (AvgIpc) is 2.82. The minimum absolute atomic E-state index is 0.110. The normalized spacial score (nSPS) is 11.0. The van der Waals surface area contributed by atoms with Gasteiger partial charge in [-0.2, -0.15) is 0 Å². The largest absolute Gasteiger partial charge is 0.364 e. The molecule has 1 amide bonds. The Morgan fingerprint density at radius 1 is 1.38 bits per heavy atom. The summed E-state index contributed by atoms with van der Waals surface area (Å²) >= 11 is 9.04. The smallest absolute Gasteiger partial charge is 0.268 e. The van der Waals surface area contributed by atoms with Crippen LogP contribution in [0.3, 0.4) is 0 Å². The molecule has 4 nitrogen and oxygen atoms in total. The first-order chi connectivity index (χ1) is 9.99. The molecular weight excluding hydrogens is 361 g/mol. The van der Waals surface area contributed by atoms with Crippen LogP contribution in [-0.4, -0.2) is 15.3 Å². The number of pyridine rings is 1. The zero-order valence-corrected chi connectivity index (χ0v) is 12.8. The van der Waals surface area contributed by atoms with Gasteiger partial charge in [0.25, 0.3) is 5.91 Å². The molecule has 0 radical (unpaired) electrons. The lowest BCUT2D eigenvalue weighted by Crippen LogP contribution is -2.15. The highest BCUT2D eigenvalue weighted by Crippen LogP contribution is 2.33. The number of carbonyl (C=O) groups excluding carboxylic acids is 1. The van der Waals surface area contributed by atoms with Crippen molar-refractivity contribution in [2.24, 2.45) is 5.73 Å². The van der Waals surface area contributed by atoms with Crippen molar-refractivity contribution >= 4 is 39.1 Å². The zero-order valence-electron chi connectivity index (χ0n) is 10.5. The molecule has 2 aromatic heterocycles. The first-order valence-corrected chi connectivity index (χ1v) is 7.08. The molecule has 7 heteroatoms. The molecule has 2 heterocycles. The molecule has 0 saturated carbocycles. The van der Waals surface area contributed by atoms with Crippen LogP contribution in [0.25, 0.3) is 16.9 Å². The molecule has 1 aromatic carbocycles. The van der Waals surface area contributed by atoms with E-state index in [1.165, 1.54) is 16.5 Å². The summed E-state index contributed by atoms with van der Waals surface area (Å²) in [5, 5.41) is 0.325. The highest BCUT2D eigenvalue weighted by molar-refractivity contribution is 9.10. The monoisotopic (exact) mass is 367 g/mol. The maximum absolute atomic E-state index is 14.3. The molecule has 0 aliphatic heterocycles. The van der Waals surface area contributed by atoms with Crippen LogP contribution in [0.5, 0.6) is 0 Å². The van der Waals surface area contributed by atoms with Crippen LogP contribution < -0.4 is 5.73 Å². The Kier molecular flexibility index (Phi) is 3.43. The Morgan fingerprint density at radius 3 is 2.86 bits per heavy atom. The van der Waals surface area contributed by atoms with Crippen molar-refractivity contribution in [3.63, 3.8) is 0 Å². The molecule has 0 bridgehead atoms. The molecule has 0 aliphatic rings. The van der Waals surface area contributed by atoms with Crippen molar-refractivity contribution in [3.8, 4) is 11.3 Å². The minimum Gasteiger partial charge on any atom is -0.364 e. The second-order valence-electron chi connectivity index (χ2n) is 4.35. The van der Waals surface area contributed by atoms with Crippen molar-refractivity contribution in [1.82, 2.24) is 9.38 Å². The van der Waals surface area contributed by atoms with Crippen molar-refractivity contribution in [2.45, 2.75) is 0 Å². The topological polar surface area (TPSA) is 60.4 Å². The predicted molar refractivity (Wildman–Crippen MR) is 81.8 cm³/mol. The first-order valence-electron chi connectivity index (χ1n) is 5.91. The molecule has 3 aromatic rings. The average molecular weight is 369 g/mol. The molecule has 0 unspecified atom stereocenters. The number of carbonyl (C=O) groups is 1. The summed E-state index contributed by atoms with van der Waals surface area (Å²) in [6.45, 7) is 0. The Hall–Kier alpha value is -1.92. The van der Waals surface area contributed by atoms with Crippen LogP contribution in [0.2, 0.25) is 5.02 Å². The Bertz CT molecular complexity index is 878. The fourth-order valence-corrected chi connectivity index (χ4v) is 2.96. The summed E-state index contributed by atoms with van der Waals surface area (Å²) in [6.07, 6.45) is 1.64. The van der Waals surface area contributed by atoms with Gasteiger partial charge in [0, 0.05) is 16.8 Å². The van der Waals surface area contributed by atoms with Crippen LogP contribution in [-0.2, 0) is 0 Å². The van der Waals surface area contributed by atoms with E-state index in [9.17, 15) is 9.18 Å². The van der Waals surface area contributed by atoms with E-state index in [0.29, 0.717) is 10.7 Å². The van der Waals surface area contributed by atoms with Gasteiger partial charge in [0.1, 0.15) is 22.9 Å². The number of fused-ring (bicyclic) bond motifs is 1. The SMILES string of the molecule is NC(=O)c1c(-c2cc(Cl)cc(Br)c2F)nc2ccccn12. The van der Waals surface area contributed by atoms with Gasteiger partial charge >= 0.3 is 0 Å². The third-order valence-corrected chi connectivity index (χ3v) is 3.81. The van der Waals surface area contributed by atoms with Crippen LogP contribution in [0.1, 0.15) is 10.5 Å². The van der Waals surface area contributed by atoms with Gasteiger partial charge in [0.05, 0.1) is 4.47 Å². The number of hydrogen-bond donors (Lipinski definition) is 1. The van der Waals surface area contributed by atoms with Crippen molar-refractivity contribution < 1.29 is 9.18 Å². The third kappa shape index (κ3) is 2.30. The Morgan fingerprint density at radius 2 is 2.14 bits per heavy atom. The lowest BCUT2D eigenvalue weighted by atomic mass is 10.1. The van der Waals surface area contributed by atoms with E-state index < -0.39 is 11.7 Å². The van der Waals surface area contributed by atoms with Crippen molar-refractivity contribution in [3.05, 3.63) is 57.5 Å². The molecule has 0 fully saturated rings. The summed E-state index contributed by atoms with van der Waals surface area (Å²) in [5.41, 5.74) is 6.31. The second-order valence-corrected chi connectivity index (χ2v) is 5.64. The number of rotatable bonds is 2. The lowest BCUT2D eigenvalue weighted by Gasteiger charge is -2.05. The van der Waals surface area contributed by atoms with E-state index >= 15 is 0 Å². The van der Waals surface area contributed by atoms with Gasteiger partial charge in [0.2, 0.25) is 0 Å². The molecular formula is C14H8BrClFN3O. The summed E-state index contributed by atoms with van der Waals surface area (Å²) in [7, 11) is 0. The lowest BCUT2D eigenvalue weighted by molar-refractivity contribution is 0.0995. The number of nitrogens with two attached hydrogens (primary N) is 1. The number of halogens is 3. The van der Waals surface area contributed by atoms with Crippen molar-refractivity contribution in [2.75, 3.05) is 0 Å². The highest BCUT2D eigenvalue weighted by atomic mass is 79.9. The summed E-state index contributed by atoms with van der Waals surface area (Å²) in [4.78, 5) is 16.0. The number of amides is 1. The molecule has 0 spiro atoms. The van der Waals surface area contributed by atoms with Crippen LogP contribution in [0.4, 0.5) is 4.39 Å². The van der Waals surface area contributed by atoms with Crippen molar-refractivity contribution in [1.29, 1.82) is 0 Å². The van der Waals surface area contributed by atoms with E-state index in [2.05, 4.69) is 20.9 Å². The van der Waals surface area contributed by atoms with E-state index in [1.54, 1.807) is 24.4 Å². The van der Waals surface area contributed by atoms with Gasteiger partial charge in [-0.25, -0.2) is 9.37 Å². The van der Waals surface area contributed by atoms with Gasteiger partial charge < -0.3 is 5.73 Å². The maximum atomic E-state index is 14.3. The number of imidazole rings is 1. The third-order valence-electron chi connectivity index (χ3n) is 3.01. The van der Waals surface area contributed by atoms with Crippen LogP contribution >= 0.6 is 27.5 Å². The quantitative estimate of drug-likeness (QED) is 0.702. The highest BCUT2D eigenvalue weighted by Gasteiger charge is 2.22. The number of benzene rings is 1. The van der Waals surface area contributed by atoms with E-state index in [4.69, 9.17) is 17.3 Å². The number of nitrogens with zero attached hydrogens (tertiary/aromatic N) is 2. The number of primary amides is 1. The minimum atomic E-state index is -0.695. The fourth-order valence-electron chi connectivity index (χ4n) is 2.15. The molecule has 21 heavy (non-hydrogen) atoms. The van der Waals surface area contributed by atoms with E-state index in [-0.39, 0.29) is 21.4 Å². The molecule has 0 aliphatic carbocycles. The van der Waals surface area contributed by atoms with Gasteiger partial charge in [-0.15, -0.1) is 0 Å². The number of aromatic nitrogens is 2. The fraction of sp³-hybridized carbons (Fsp3) is 0. The maximum Gasteiger partial charge on any atom is 0.268 e. The van der Waals surface area contributed by atoms with Crippen LogP contribution in [0.15, 0.2) is 41.0 Å². The molecule has 0 saturated heterocycles. The van der Waals surface area contributed by atoms with E-state index in [1.807, 2.05) is 0 Å². The summed E-state index contributed by atoms with van der Waals surface area (Å²) in [5.74, 6) is -1.25. The van der Waals surface area contributed by atoms with E-state index in [0.717, 1.165) is 0 Å². The molecule has 0 atom stereocenters. The van der Waals surface area contributed by atoms with Gasteiger partial charge in [-0.05, 0) is 40.2 Å². The Balaban J connectivity index is 2.40. The standard InChI is InChI=1S/C14H8BrClFN3O/c15-9-6-7(16)5-8(11(9)17)12-13(14(18)21)20-4-2-1-3-10(20)19-12/h1-6H,(H2,18,21).